The number of ether oxygens (including phenoxy) is 1. The van der Waals surface area contributed by atoms with E-state index in [0.717, 1.165) is 22.4 Å². The van der Waals surface area contributed by atoms with Crippen molar-refractivity contribution in [1.29, 1.82) is 0 Å². The SMILES string of the molecule is NCc1ccc(NC(=O)c2cc3c(cc2-c2ccc(C(=O)NC4(C(=O)O)CCCCC4)nc2C(=O)O)OCCc2ccsc2-3)cc1. The highest BCUT2D eigenvalue weighted by atomic mass is 32.1. The molecule has 0 bridgehead atoms. The number of anilines is 1. The van der Waals surface area contributed by atoms with Gasteiger partial charge in [-0.05, 0) is 71.8 Å². The van der Waals surface area contributed by atoms with Gasteiger partial charge in [0.2, 0.25) is 0 Å². The highest BCUT2D eigenvalue weighted by Crippen LogP contribution is 2.43. The smallest absolute Gasteiger partial charge is 0.355 e. The van der Waals surface area contributed by atoms with Crippen LogP contribution in [0.25, 0.3) is 21.6 Å². The van der Waals surface area contributed by atoms with E-state index in [-0.39, 0.29) is 35.2 Å². The van der Waals surface area contributed by atoms with Gasteiger partial charge in [0.15, 0.2) is 5.69 Å². The summed E-state index contributed by atoms with van der Waals surface area (Å²) in [6.07, 6.45) is 3.37. The van der Waals surface area contributed by atoms with E-state index < -0.39 is 35.0 Å². The first kappa shape index (κ1) is 30.9. The van der Waals surface area contributed by atoms with E-state index in [1.165, 1.54) is 23.5 Å². The predicted octanol–water partition coefficient (Wildman–Crippen LogP) is 5.34. The number of carbonyl (C=O) groups excluding carboxylic acids is 2. The zero-order valence-corrected chi connectivity index (χ0v) is 25.6. The molecule has 0 atom stereocenters. The third kappa shape index (κ3) is 5.96. The number of nitrogens with zero attached hydrogens (tertiary/aromatic N) is 1. The van der Waals surface area contributed by atoms with Gasteiger partial charge in [0.1, 0.15) is 17.0 Å². The van der Waals surface area contributed by atoms with Gasteiger partial charge in [0, 0.05) is 45.8 Å². The van der Waals surface area contributed by atoms with Crippen LogP contribution in [0.2, 0.25) is 0 Å². The molecule has 1 saturated carbocycles. The molecule has 0 radical (unpaired) electrons. The number of pyridine rings is 1. The summed E-state index contributed by atoms with van der Waals surface area (Å²) in [5.74, 6) is -3.34. The molecular weight excluding hydrogens is 608 g/mol. The van der Waals surface area contributed by atoms with Crippen molar-refractivity contribution in [1.82, 2.24) is 10.3 Å². The van der Waals surface area contributed by atoms with Crippen LogP contribution in [0.1, 0.15) is 74.6 Å². The monoisotopic (exact) mass is 640 g/mol. The van der Waals surface area contributed by atoms with E-state index in [2.05, 4.69) is 15.6 Å². The van der Waals surface area contributed by atoms with Crippen molar-refractivity contribution in [3.63, 3.8) is 0 Å². The Bertz CT molecular complexity index is 1840. The largest absolute Gasteiger partial charge is 0.493 e. The van der Waals surface area contributed by atoms with Crippen LogP contribution in [0.3, 0.4) is 0 Å². The van der Waals surface area contributed by atoms with E-state index >= 15 is 0 Å². The molecule has 1 aliphatic heterocycles. The molecule has 1 aliphatic carbocycles. The predicted molar refractivity (Wildman–Crippen MR) is 172 cm³/mol. The number of nitrogens with two attached hydrogens (primary N) is 1. The summed E-state index contributed by atoms with van der Waals surface area (Å²) in [5.41, 5.74) is 7.30. The molecule has 12 heteroatoms. The molecule has 6 N–H and O–H groups in total. The quantitative estimate of drug-likeness (QED) is 0.170. The molecule has 0 spiro atoms. The number of aliphatic carboxylic acids is 1. The molecule has 2 aromatic heterocycles. The number of nitrogens with one attached hydrogen (secondary N) is 2. The lowest BCUT2D eigenvalue weighted by atomic mass is 9.81. The number of carboxylic acids is 2. The normalized spacial score (nSPS) is 15.0. The summed E-state index contributed by atoms with van der Waals surface area (Å²) in [6.45, 7) is 0.742. The number of aromatic nitrogens is 1. The van der Waals surface area contributed by atoms with Crippen LogP contribution in [-0.2, 0) is 17.8 Å². The van der Waals surface area contributed by atoms with Crippen LogP contribution in [0.5, 0.6) is 5.75 Å². The van der Waals surface area contributed by atoms with Crippen molar-refractivity contribution < 1.29 is 34.1 Å². The average molecular weight is 641 g/mol. The van der Waals surface area contributed by atoms with Crippen LogP contribution >= 0.6 is 11.3 Å². The van der Waals surface area contributed by atoms with Crippen LogP contribution in [-0.4, -0.2) is 51.1 Å². The molecule has 3 heterocycles. The number of thiophene rings is 1. The Morgan fingerprint density at radius 2 is 1.67 bits per heavy atom. The topological polar surface area (TPSA) is 181 Å². The number of fused-ring (bicyclic) bond motifs is 3. The first-order valence-corrected chi connectivity index (χ1v) is 15.9. The molecule has 0 saturated heterocycles. The Labute approximate surface area is 268 Å². The number of amides is 2. The number of hydrogen-bond acceptors (Lipinski definition) is 8. The van der Waals surface area contributed by atoms with Crippen molar-refractivity contribution in [2.24, 2.45) is 5.73 Å². The summed E-state index contributed by atoms with van der Waals surface area (Å²) >= 11 is 1.52. The van der Waals surface area contributed by atoms with Gasteiger partial charge >= 0.3 is 11.9 Å². The molecule has 6 rings (SSSR count). The zero-order chi connectivity index (χ0) is 32.4. The van der Waals surface area contributed by atoms with Crippen LogP contribution < -0.4 is 21.1 Å². The van der Waals surface area contributed by atoms with E-state index in [9.17, 15) is 29.4 Å². The highest BCUT2D eigenvalue weighted by molar-refractivity contribution is 7.13. The average Bonchev–Trinajstić information content (AvgIpc) is 3.46. The summed E-state index contributed by atoms with van der Waals surface area (Å²) in [6, 6.07) is 15.2. The van der Waals surface area contributed by atoms with Crippen molar-refractivity contribution in [3.8, 4) is 27.3 Å². The Balaban J connectivity index is 1.44. The van der Waals surface area contributed by atoms with Gasteiger partial charge < -0.3 is 31.3 Å². The third-order valence-corrected chi connectivity index (χ3v) is 9.51. The number of rotatable bonds is 8. The van der Waals surface area contributed by atoms with Crippen LogP contribution in [0.15, 0.2) is 60.0 Å². The maximum absolute atomic E-state index is 13.9. The van der Waals surface area contributed by atoms with Gasteiger partial charge in [-0.3, -0.25) is 9.59 Å². The second-order valence-electron chi connectivity index (χ2n) is 11.4. The Hall–Kier alpha value is -5.07. The molecule has 2 amide bonds. The van der Waals surface area contributed by atoms with E-state index in [4.69, 9.17) is 10.5 Å². The fourth-order valence-corrected chi connectivity index (χ4v) is 7.02. The van der Waals surface area contributed by atoms with E-state index in [0.29, 0.717) is 49.4 Å². The van der Waals surface area contributed by atoms with Gasteiger partial charge in [0.25, 0.3) is 11.8 Å². The number of hydrogen-bond donors (Lipinski definition) is 5. The molecule has 236 valence electrons. The van der Waals surface area contributed by atoms with Gasteiger partial charge in [-0.15, -0.1) is 11.3 Å². The molecule has 2 aromatic carbocycles. The lowest BCUT2D eigenvalue weighted by molar-refractivity contribution is -0.145. The molecular formula is C34H32N4O7S. The number of benzene rings is 2. The summed E-state index contributed by atoms with van der Waals surface area (Å²) in [7, 11) is 0. The molecule has 4 aromatic rings. The first-order chi connectivity index (χ1) is 22.2. The van der Waals surface area contributed by atoms with Crippen molar-refractivity contribution in [2.75, 3.05) is 11.9 Å². The second kappa shape index (κ2) is 12.7. The maximum Gasteiger partial charge on any atom is 0.355 e. The second-order valence-corrected chi connectivity index (χ2v) is 12.3. The first-order valence-electron chi connectivity index (χ1n) is 15.0. The molecule has 1 fully saturated rings. The molecule has 2 aliphatic rings. The van der Waals surface area contributed by atoms with Crippen molar-refractivity contribution >= 4 is 40.8 Å². The van der Waals surface area contributed by atoms with Gasteiger partial charge in [-0.2, -0.15) is 0 Å². The Morgan fingerprint density at radius 3 is 2.37 bits per heavy atom. The fraction of sp³-hybridized carbons (Fsp3) is 0.265. The molecule has 11 nitrogen and oxygen atoms in total. The number of aromatic carboxylic acids is 1. The van der Waals surface area contributed by atoms with Crippen molar-refractivity contribution in [2.45, 2.75) is 50.6 Å². The van der Waals surface area contributed by atoms with Crippen LogP contribution in [0.4, 0.5) is 5.69 Å². The molecule has 0 unspecified atom stereocenters. The van der Waals surface area contributed by atoms with Crippen LogP contribution in [0, 0.1) is 0 Å². The zero-order valence-electron chi connectivity index (χ0n) is 24.8. The minimum atomic E-state index is -1.44. The Kier molecular flexibility index (Phi) is 8.57. The van der Waals surface area contributed by atoms with E-state index in [1.54, 1.807) is 36.4 Å². The fourth-order valence-electron chi connectivity index (χ4n) is 6.04. The third-order valence-electron chi connectivity index (χ3n) is 8.52. The lowest BCUT2D eigenvalue weighted by Gasteiger charge is -2.33. The minimum Gasteiger partial charge on any atom is -0.493 e. The summed E-state index contributed by atoms with van der Waals surface area (Å²) in [4.78, 5) is 57.1. The molecule has 46 heavy (non-hydrogen) atoms. The maximum atomic E-state index is 13.9. The van der Waals surface area contributed by atoms with Crippen molar-refractivity contribution in [3.05, 3.63) is 88.1 Å². The highest BCUT2D eigenvalue weighted by Gasteiger charge is 2.41. The Morgan fingerprint density at radius 1 is 0.913 bits per heavy atom. The summed E-state index contributed by atoms with van der Waals surface area (Å²) < 4.78 is 6.09. The summed E-state index contributed by atoms with van der Waals surface area (Å²) in [5, 5.41) is 27.7. The van der Waals surface area contributed by atoms with E-state index in [1.807, 2.05) is 11.4 Å². The minimum absolute atomic E-state index is 0.0975. The number of carboxylic acid groups (broad SMARTS) is 2. The van der Waals surface area contributed by atoms with Gasteiger partial charge in [-0.25, -0.2) is 14.6 Å². The lowest BCUT2D eigenvalue weighted by Crippen LogP contribution is -2.55. The van der Waals surface area contributed by atoms with Gasteiger partial charge in [0.05, 0.1) is 6.61 Å². The van der Waals surface area contributed by atoms with Gasteiger partial charge in [-0.1, -0.05) is 31.4 Å². The standard InChI is InChI=1S/C34H32N4O7S/c35-18-19-4-6-21(7-5-19)36-30(39)24-16-25-27(45-14-10-20-11-15-46-29(20)25)17-23(24)22-8-9-26(37-28(22)32(41)42)31(40)38-34(33(43)44)12-2-1-3-13-34/h4-9,11,15-17H,1-3,10,12-14,18,35H2,(H,36,39)(H,38,40)(H,41,42)(H,43,44). The number of carbonyl (C=O) groups is 4.